The first kappa shape index (κ1) is 37.3. The Morgan fingerprint density at radius 1 is 0.800 bits per heavy atom. The Hall–Kier alpha value is 1.58. The van der Waals surface area contributed by atoms with E-state index in [0.29, 0.717) is 38.8 Å². The first-order valence-corrected chi connectivity index (χ1v) is 7.46. The van der Waals surface area contributed by atoms with Crippen molar-refractivity contribution in [1.82, 2.24) is 4.90 Å². The number of unbranched alkanes of at least 4 members (excludes halogenated alkanes) is 2. The molecule has 25 heavy (non-hydrogen) atoms. The summed E-state index contributed by atoms with van der Waals surface area (Å²) in [6, 6.07) is 0. The Balaban J connectivity index is -0.0000000608. The minimum Gasteiger partial charge on any atom is -1.00 e. The molecule has 0 spiro atoms. The summed E-state index contributed by atoms with van der Waals surface area (Å²) in [5, 5.41) is 15.9. The van der Waals surface area contributed by atoms with Gasteiger partial charge in [-0.1, -0.05) is 25.3 Å². The Morgan fingerprint density at radius 2 is 1.08 bits per heavy atom. The van der Waals surface area contributed by atoms with Gasteiger partial charge in [-0.2, -0.15) is 0 Å². The van der Waals surface area contributed by atoms with Gasteiger partial charge in [0.15, 0.2) is 0 Å². The number of nitrogens with zero attached hydrogens (tertiary/aromatic N) is 1. The molecule has 0 unspecified atom stereocenters. The van der Waals surface area contributed by atoms with E-state index in [9.17, 15) is 14.4 Å². The fourth-order valence-electron chi connectivity index (χ4n) is 1.46. The fourth-order valence-corrected chi connectivity index (χ4v) is 1.66. The molecule has 8 nitrogen and oxygen atoms in total. The minimum atomic E-state index is -0.847. The molecule has 0 bridgehead atoms. The minimum absolute atomic E-state index is 0. The molecule has 0 aliphatic rings. The number of carboxylic acids is 2. The molecule has 0 atom stereocenters. The molecular weight excluding hydrogens is 401 g/mol. The van der Waals surface area contributed by atoms with Crippen LogP contribution in [-0.4, -0.2) is 50.6 Å². The predicted octanol–water partition coefficient (Wildman–Crippen LogP) is -6.81. The number of carbonyl (C=O) groups is 4. The van der Waals surface area contributed by atoms with E-state index in [2.05, 4.69) is 31.0 Å². The van der Waals surface area contributed by atoms with Gasteiger partial charge in [-0.05, 0) is 25.7 Å². The molecule has 0 aromatic heterocycles. The third-order valence-corrected chi connectivity index (χ3v) is 2.69. The van der Waals surface area contributed by atoms with Gasteiger partial charge in [0.25, 0.3) is 10.5 Å². The summed E-state index contributed by atoms with van der Waals surface area (Å²) in [6.45, 7) is 0.922. The maximum Gasteiger partial charge on any atom is 1.00 e. The van der Waals surface area contributed by atoms with Crippen LogP contribution in [0.3, 0.4) is 0 Å². The fraction of sp³-hybridized carbons (Fsp3) is 0.667. The van der Waals surface area contributed by atoms with E-state index >= 15 is 0 Å². The predicted molar refractivity (Wildman–Crippen MR) is 90.8 cm³/mol. The molecule has 0 aliphatic heterocycles. The number of aliphatic carboxylic acids is 2. The second kappa shape index (κ2) is 25.6. The Morgan fingerprint density at radius 3 is 1.28 bits per heavy atom. The van der Waals surface area contributed by atoms with Crippen LogP contribution in [0.15, 0.2) is 0 Å². The number of rotatable bonds is 10. The monoisotopic (exact) mass is 426 g/mol. The van der Waals surface area contributed by atoms with E-state index in [1.807, 2.05) is 0 Å². The van der Waals surface area contributed by atoms with Crippen molar-refractivity contribution in [3.63, 3.8) is 0 Å². The molecule has 0 aromatic rings. The van der Waals surface area contributed by atoms with Gasteiger partial charge < -0.3 is 25.1 Å². The van der Waals surface area contributed by atoms with Crippen molar-refractivity contribution < 1.29 is 122 Å². The van der Waals surface area contributed by atoms with E-state index in [0.717, 1.165) is 0 Å². The van der Waals surface area contributed by atoms with Crippen LogP contribution >= 0.6 is 25.3 Å². The van der Waals surface area contributed by atoms with E-state index < -0.39 is 17.2 Å². The quantitative estimate of drug-likeness (QED) is 0.134. The molecule has 0 saturated heterocycles. The van der Waals surface area contributed by atoms with Crippen molar-refractivity contribution >= 4 is 47.7 Å². The van der Waals surface area contributed by atoms with Crippen molar-refractivity contribution in [2.75, 3.05) is 13.1 Å². The zero-order chi connectivity index (χ0) is 17.5. The average molecular weight is 426 g/mol. The molecule has 0 aromatic carbocycles. The van der Waals surface area contributed by atoms with Crippen molar-refractivity contribution in [1.29, 1.82) is 0 Å². The molecule has 0 heterocycles. The summed E-state index contributed by atoms with van der Waals surface area (Å²) < 4.78 is 0. The second-order valence-electron chi connectivity index (χ2n) is 4.31. The molecule has 134 valence electrons. The van der Waals surface area contributed by atoms with Gasteiger partial charge in [0.05, 0.1) is 0 Å². The number of primary amides is 1. The van der Waals surface area contributed by atoms with Crippen LogP contribution in [0.1, 0.15) is 42.8 Å². The number of hydrogen-bond acceptors (Lipinski definition) is 4. The van der Waals surface area contributed by atoms with Crippen LogP contribution in [0.5, 0.6) is 0 Å². The van der Waals surface area contributed by atoms with Gasteiger partial charge in [0.2, 0.25) is 0 Å². The number of amides is 2. The summed E-state index contributed by atoms with van der Waals surface area (Å²) in [5.41, 5.74) is 4.34. The molecule has 0 aliphatic carbocycles. The van der Waals surface area contributed by atoms with Gasteiger partial charge in [0.1, 0.15) is 0 Å². The first-order chi connectivity index (χ1) is 10.2. The van der Waals surface area contributed by atoms with E-state index in [1.165, 1.54) is 4.90 Å². The van der Waals surface area contributed by atoms with Gasteiger partial charge in [-0.25, -0.2) is 0 Å². The third-order valence-electron chi connectivity index (χ3n) is 2.41. The van der Waals surface area contributed by atoms with Crippen molar-refractivity contribution in [2.45, 2.75) is 38.5 Å². The maximum atomic E-state index is 11.2. The normalized spacial score (nSPS) is 8.24. The molecular formula is C12H25N2Na3O6S2. The smallest absolute Gasteiger partial charge is 1.00 e. The van der Waals surface area contributed by atoms with Gasteiger partial charge in [-0.3, -0.25) is 19.2 Å². The summed E-state index contributed by atoms with van der Waals surface area (Å²) in [6.07, 6.45) is 2.43. The SMILES string of the molecule is NC(=O)S.O=C(O)CCCCN(CCCCC(=O)O)C(=O)S.[H-].[H-].[H-].[Na+].[Na+].[Na+]. The Labute approximate surface area is 229 Å². The summed E-state index contributed by atoms with van der Waals surface area (Å²) in [7, 11) is 0. The van der Waals surface area contributed by atoms with Crippen LogP contribution in [0.2, 0.25) is 0 Å². The second-order valence-corrected chi connectivity index (χ2v) is 5.13. The molecule has 4 N–H and O–H groups in total. The molecule has 0 radical (unpaired) electrons. The summed E-state index contributed by atoms with van der Waals surface area (Å²) >= 11 is 6.84. The zero-order valence-electron chi connectivity index (χ0n) is 18.1. The number of carbonyl (C=O) groups excluding carboxylic acids is 2. The Bertz CT molecular complexity index is 380. The molecule has 0 saturated carbocycles. The maximum absolute atomic E-state index is 11.2. The van der Waals surface area contributed by atoms with Crippen LogP contribution < -0.4 is 94.4 Å². The summed E-state index contributed by atoms with van der Waals surface area (Å²) in [5.74, 6) is -1.69. The van der Waals surface area contributed by atoms with E-state index in [-0.39, 0.29) is 111 Å². The number of nitrogens with two attached hydrogens (primary N) is 1. The number of thiol groups is 2. The van der Waals surface area contributed by atoms with Crippen molar-refractivity contribution in [2.24, 2.45) is 5.73 Å². The largest absolute Gasteiger partial charge is 1.00 e. The van der Waals surface area contributed by atoms with Crippen molar-refractivity contribution in [3.8, 4) is 0 Å². The van der Waals surface area contributed by atoms with Crippen LogP contribution in [0.25, 0.3) is 0 Å². The van der Waals surface area contributed by atoms with Crippen LogP contribution in [0.4, 0.5) is 9.59 Å². The molecule has 13 heteroatoms. The molecule has 2 amide bonds. The van der Waals surface area contributed by atoms with E-state index in [1.54, 1.807) is 0 Å². The van der Waals surface area contributed by atoms with Crippen molar-refractivity contribution in [3.05, 3.63) is 0 Å². The Kier molecular flexibility index (Phi) is 38.2. The topological polar surface area (TPSA) is 138 Å². The molecule has 0 rings (SSSR count). The van der Waals surface area contributed by atoms with E-state index in [4.69, 9.17) is 15.0 Å². The third kappa shape index (κ3) is 37.1. The standard InChI is InChI=1S/C11H19NO5S.CH3NOS.3Na.3H/c13-9(14)5-1-3-7-12(11(17)18)8-4-2-6-10(15)16;2-1(3)4;;;;;;/h1-8H2,(H,13,14)(H,15,16)(H,17,18);(H3,2,3,4);;;;;;/q;;3*+1;3*-1. The zero-order valence-corrected chi connectivity index (χ0v) is 22.9. The number of hydrogen-bond donors (Lipinski definition) is 5. The van der Waals surface area contributed by atoms with Crippen LogP contribution in [0, 0.1) is 0 Å². The number of carboxylic acid groups (broad SMARTS) is 2. The average Bonchev–Trinajstić information content (AvgIpc) is 2.35. The van der Waals surface area contributed by atoms with Gasteiger partial charge in [0, 0.05) is 25.9 Å². The first-order valence-electron chi connectivity index (χ1n) is 6.56. The summed E-state index contributed by atoms with van der Waals surface area (Å²) in [4.78, 5) is 42.4. The molecule has 0 fully saturated rings. The van der Waals surface area contributed by atoms with Gasteiger partial charge >= 0.3 is 101 Å². The van der Waals surface area contributed by atoms with Gasteiger partial charge in [-0.15, -0.1) is 0 Å². The van der Waals surface area contributed by atoms with Crippen LogP contribution in [-0.2, 0) is 9.59 Å².